The summed E-state index contributed by atoms with van der Waals surface area (Å²) in [7, 11) is -1.60. The molecule has 2 atom stereocenters. The van der Waals surface area contributed by atoms with Crippen LogP contribution in [0.25, 0.3) is 0 Å². The molecule has 0 radical (unpaired) electrons. The first-order valence-corrected chi connectivity index (χ1v) is 10.0. The lowest BCUT2D eigenvalue weighted by molar-refractivity contribution is 0.0929. The maximum Gasteiger partial charge on any atom is 0.251 e. The van der Waals surface area contributed by atoms with Crippen molar-refractivity contribution in [1.82, 2.24) is 9.62 Å². The van der Waals surface area contributed by atoms with Crippen LogP contribution in [0.2, 0.25) is 0 Å². The van der Waals surface area contributed by atoms with Crippen molar-refractivity contribution in [2.45, 2.75) is 32.4 Å². The molecule has 24 heavy (non-hydrogen) atoms. The predicted molar refractivity (Wildman–Crippen MR) is 93.2 cm³/mol. The fraction of sp³-hybridized carbons (Fsp3) is 0.588. The van der Waals surface area contributed by atoms with Gasteiger partial charge in [-0.25, -0.2) is 8.42 Å². The van der Waals surface area contributed by atoms with Crippen LogP contribution in [0.3, 0.4) is 0 Å². The van der Waals surface area contributed by atoms with E-state index in [0.717, 1.165) is 18.4 Å². The third kappa shape index (κ3) is 4.78. The summed E-state index contributed by atoms with van der Waals surface area (Å²) in [5, 5.41) is 3.01. The highest BCUT2D eigenvalue weighted by Crippen LogP contribution is 2.24. The van der Waals surface area contributed by atoms with Gasteiger partial charge in [-0.1, -0.05) is 25.5 Å². The van der Waals surface area contributed by atoms with E-state index in [1.165, 1.54) is 10.6 Å². The molecule has 1 aromatic carbocycles. The van der Waals surface area contributed by atoms with E-state index in [-0.39, 0.29) is 17.9 Å². The number of hydrogen-bond donors (Lipinski definition) is 1. The molecule has 7 heteroatoms. The highest BCUT2D eigenvalue weighted by atomic mass is 32.2. The Morgan fingerprint density at radius 2 is 1.96 bits per heavy atom. The number of nitrogens with one attached hydrogen (secondary N) is 1. The molecule has 0 spiro atoms. The topological polar surface area (TPSA) is 75.7 Å². The van der Waals surface area contributed by atoms with Gasteiger partial charge in [-0.15, -0.1) is 0 Å². The van der Waals surface area contributed by atoms with Crippen LogP contribution in [0, 0.1) is 5.92 Å². The minimum atomic E-state index is -3.23. The highest BCUT2D eigenvalue weighted by molar-refractivity contribution is 7.88. The third-order valence-corrected chi connectivity index (χ3v) is 5.62. The molecule has 2 rings (SSSR count). The zero-order valence-electron chi connectivity index (χ0n) is 14.5. The highest BCUT2D eigenvalue weighted by Gasteiger charge is 2.37. The quantitative estimate of drug-likeness (QED) is 0.807. The van der Waals surface area contributed by atoms with E-state index in [0.29, 0.717) is 25.3 Å². The molecule has 1 fully saturated rings. The van der Waals surface area contributed by atoms with Gasteiger partial charge >= 0.3 is 0 Å². The number of nitrogens with zero attached hydrogens (tertiary/aromatic N) is 1. The summed E-state index contributed by atoms with van der Waals surface area (Å²) in [5.41, 5.74) is 1.57. The normalized spacial score (nSPS) is 21.8. The summed E-state index contributed by atoms with van der Waals surface area (Å²) in [6, 6.07) is 7.10. The van der Waals surface area contributed by atoms with Crippen LogP contribution in [0.5, 0.6) is 0 Å². The Bertz CT molecular complexity index is 658. The second-order valence-electron chi connectivity index (χ2n) is 6.34. The van der Waals surface area contributed by atoms with Gasteiger partial charge in [0.15, 0.2) is 0 Å². The van der Waals surface area contributed by atoms with Crippen molar-refractivity contribution in [3.63, 3.8) is 0 Å². The number of methoxy groups -OCH3 is 1. The summed E-state index contributed by atoms with van der Waals surface area (Å²) in [6.45, 7) is 3.39. The van der Waals surface area contributed by atoms with Gasteiger partial charge in [0.25, 0.3) is 5.91 Å². The second-order valence-corrected chi connectivity index (χ2v) is 8.32. The number of carbonyl (C=O) groups excluding carboxylic acids is 1. The molecule has 1 amide bonds. The molecule has 1 aromatic rings. The Labute approximate surface area is 144 Å². The SMILES string of the molecule is CCC[C@@H]1CN(S(C)(=O)=O)C[C@H]1NC(=O)c1ccc(COC)cc1. The molecule has 0 unspecified atom stereocenters. The van der Waals surface area contributed by atoms with Crippen LogP contribution >= 0.6 is 0 Å². The molecule has 0 aliphatic carbocycles. The molecule has 1 aliphatic rings. The van der Waals surface area contributed by atoms with Crippen LogP contribution in [0.4, 0.5) is 0 Å². The number of carbonyl (C=O) groups is 1. The summed E-state index contributed by atoms with van der Waals surface area (Å²) < 4.78 is 30.1. The molecule has 0 saturated carbocycles. The first-order valence-electron chi connectivity index (χ1n) is 8.19. The van der Waals surface area contributed by atoms with Gasteiger partial charge in [0, 0.05) is 31.8 Å². The Hall–Kier alpha value is -1.44. The zero-order valence-corrected chi connectivity index (χ0v) is 15.3. The molecule has 1 aliphatic heterocycles. The standard InChI is InChI=1S/C17H26N2O4S/c1-4-5-15-10-19(24(3,21)22)11-16(15)18-17(20)14-8-6-13(7-9-14)12-23-2/h6-9,15-16H,4-5,10-12H2,1-3H3,(H,18,20)/t15-,16-/m1/s1. The van der Waals surface area contributed by atoms with Crippen molar-refractivity contribution in [2.24, 2.45) is 5.92 Å². The molecule has 1 heterocycles. The van der Waals surface area contributed by atoms with Crippen LogP contribution in [0.15, 0.2) is 24.3 Å². The Kier molecular flexibility index (Phi) is 6.37. The first-order chi connectivity index (χ1) is 11.3. The number of amides is 1. The van der Waals surface area contributed by atoms with Gasteiger partial charge in [0.05, 0.1) is 12.9 Å². The van der Waals surface area contributed by atoms with Gasteiger partial charge in [-0.2, -0.15) is 4.31 Å². The van der Waals surface area contributed by atoms with E-state index in [9.17, 15) is 13.2 Å². The van der Waals surface area contributed by atoms with Gasteiger partial charge < -0.3 is 10.1 Å². The molecular weight excluding hydrogens is 328 g/mol. The first kappa shape index (κ1) is 18.9. The fourth-order valence-corrected chi connectivity index (χ4v) is 3.99. The van der Waals surface area contributed by atoms with Crippen molar-refractivity contribution < 1.29 is 17.9 Å². The summed E-state index contributed by atoms with van der Waals surface area (Å²) >= 11 is 0. The number of ether oxygens (including phenoxy) is 1. The molecule has 0 aromatic heterocycles. The van der Waals surface area contributed by atoms with E-state index in [1.54, 1.807) is 19.2 Å². The average Bonchev–Trinajstić information content (AvgIpc) is 2.92. The van der Waals surface area contributed by atoms with Gasteiger partial charge in [0.1, 0.15) is 0 Å². The molecule has 1 N–H and O–H groups in total. The average molecular weight is 354 g/mol. The van der Waals surface area contributed by atoms with Gasteiger partial charge in [0.2, 0.25) is 10.0 Å². The monoisotopic (exact) mass is 354 g/mol. The summed E-state index contributed by atoms with van der Waals surface area (Å²) in [6.07, 6.45) is 3.07. The van der Waals surface area contributed by atoms with E-state index in [1.807, 2.05) is 12.1 Å². The Morgan fingerprint density at radius 3 is 2.50 bits per heavy atom. The lowest BCUT2D eigenvalue weighted by atomic mass is 9.98. The second kappa shape index (κ2) is 8.09. The third-order valence-electron chi connectivity index (χ3n) is 4.38. The number of benzene rings is 1. The Balaban J connectivity index is 2.05. The van der Waals surface area contributed by atoms with Crippen molar-refractivity contribution in [1.29, 1.82) is 0 Å². The minimum Gasteiger partial charge on any atom is -0.380 e. The van der Waals surface area contributed by atoms with E-state index in [4.69, 9.17) is 4.74 Å². The van der Waals surface area contributed by atoms with E-state index in [2.05, 4.69) is 12.2 Å². The van der Waals surface area contributed by atoms with E-state index >= 15 is 0 Å². The smallest absolute Gasteiger partial charge is 0.251 e. The Morgan fingerprint density at radius 1 is 1.29 bits per heavy atom. The number of hydrogen-bond acceptors (Lipinski definition) is 4. The molecule has 1 saturated heterocycles. The minimum absolute atomic E-state index is 0.147. The lowest BCUT2D eigenvalue weighted by Crippen LogP contribution is -2.41. The largest absolute Gasteiger partial charge is 0.380 e. The van der Waals surface area contributed by atoms with E-state index < -0.39 is 10.0 Å². The van der Waals surface area contributed by atoms with Crippen LogP contribution in [-0.2, 0) is 21.4 Å². The maximum absolute atomic E-state index is 12.5. The van der Waals surface area contributed by atoms with Crippen LogP contribution < -0.4 is 5.32 Å². The zero-order chi connectivity index (χ0) is 17.7. The number of sulfonamides is 1. The van der Waals surface area contributed by atoms with Crippen molar-refractivity contribution in [3.8, 4) is 0 Å². The summed E-state index contributed by atoms with van der Waals surface area (Å²) in [5.74, 6) is -0.0122. The van der Waals surface area contributed by atoms with Crippen molar-refractivity contribution in [2.75, 3.05) is 26.5 Å². The van der Waals surface area contributed by atoms with Crippen molar-refractivity contribution >= 4 is 15.9 Å². The van der Waals surface area contributed by atoms with Gasteiger partial charge in [-0.05, 0) is 30.0 Å². The molecule has 0 bridgehead atoms. The van der Waals surface area contributed by atoms with Crippen LogP contribution in [-0.4, -0.2) is 51.1 Å². The molecule has 6 nitrogen and oxygen atoms in total. The predicted octanol–water partition coefficient (Wildman–Crippen LogP) is 1.62. The van der Waals surface area contributed by atoms with Crippen LogP contribution in [0.1, 0.15) is 35.7 Å². The van der Waals surface area contributed by atoms with Gasteiger partial charge in [-0.3, -0.25) is 4.79 Å². The lowest BCUT2D eigenvalue weighted by Gasteiger charge is -2.19. The fourth-order valence-electron chi connectivity index (χ4n) is 3.10. The molecule has 134 valence electrons. The maximum atomic E-state index is 12.5. The summed E-state index contributed by atoms with van der Waals surface area (Å²) in [4.78, 5) is 12.5. The number of rotatable bonds is 7. The molecular formula is C17H26N2O4S. The van der Waals surface area contributed by atoms with Crippen molar-refractivity contribution in [3.05, 3.63) is 35.4 Å².